The van der Waals surface area contributed by atoms with Crippen molar-refractivity contribution in [3.05, 3.63) is 70.8 Å². The first-order chi connectivity index (χ1) is 20.0. The monoisotopic (exact) mass is 570 g/mol. The minimum atomic E-state index is -1.15. The summed E-state index contributed by atoms with van der Waals surface area (Å²) in [5.41, 5.74) is 2.31. The zero-order valence-electron chi connectivity index (χ0n) is 23.9. The smallest absolute Gasteiger partial charge is 0.303 e. The van der Waals surface area contributed by atoms with Crippen LogP contribution >= 0.6 is 0 Å². The fraction of sp³-hybridized carbons (Fsp3) is 0.424. The quantitative estimate of drug-likeness (QED) is 0.395. The second-order valence-electron chi connectivity index (χ2n) is 12.3. The van der Waals surface area contributed by atoms with Crippen LogP contribution in [0.3, 0.4) is 0 Å². The molecule has 6 rings (SSSR count). The highest BCUT2D eigenvalue weighted by molar-refractivity contribution is 6.24. The molecule has 1 saturated carbocycles. The van der Waals surface area contributed by atoms with Gasteiger partial charge in [0, 0.05) is 18.9 Å². The van der Waals surface area contributed by atoms with Crippen molar-refractivity contribution in [2.75, 3.05) is 11.4 Å². The van der Waals surface area contributed by atoms with Crippen LogP contribution in [0.15, 0.2) is 54.1 Å². The van der Waals surface area contributed by atoms with Gasteiger partial charge in [-0.1, -0.05) is 42.0 Å². The number of aromatic hydroxyl groups is 1. The number of likely N-dealkylation sites (tertiary alicyclic amines) is 1. The molecule has 2 aliphatic heterocycles. The number of carboxylic acids is 1. The highest BCUT2D eigenvalue weighted by atomic mass is 16.4. The van der Waals surface area contributed by atoms with Crippen LogP contribution in [0.1, 0.15) is 55.2 Å². The zero-order valence-corrected chi connectivity index (χ0v) is 23.9. The molecule has 2 aromatic rings. The van der Waals surface area contributed by atoms with Crippen molar-refractivity contribution < 1.29 is 34.2 Å². The molecule has 2 N–H and O–H groups in total. The molecule has 3 fully saturated rings. The van der Waals surface area contributed by atoms with Crippen LogP contribution in [0.2, 0.25) is 0 Å². The van der Waals surface area contributed by atoms with Gasteiger partial charge in [-0.2, -0.15) is 0 Å². The molecule has 218 valence electrons. The number of carboxylic acid groups (broad SMARTS) is 1. The van der Waals surface area contributed by atoms with Crippen molar-refractivity contribution in [1.82, 2.24) is 4.90 Å². The van der Waals surface area contributed by atoms with E-state index in [-0.39, 0.29) is 55.2 Å². The molecule has 6 unspecified atom stereocenters. The first-order valence-corrected chi connectivity index (χ1v) is 14.5. The van der Waals surface area contributed by atoms with Crippen LogP contribution in [-0.2, 0) is 24.0 Å². The Labute approximate surface area is 243 Å². The van der Waals surface area contributed by atoms with Gasteiger partial charge in [0.15, 0.2) is 0 Å². The summed E-state index contributed by atoms with van der Waals surface area (Å²) in [6.45, 7) is 5.47. The third kappa shape index (κ3) is 3.93. The Morgan fingerprint density at radius 2 is 1.64 bits per heavy atom. The molecule has 0 aromatic heterocycles. The summed E-state index contributed by atoms with van der Waals surface area (Å²) in [5.74, 6) is -5.04. The third-order valence-electron chi connectivity index (χ3n) is 10.00. The van der Waals surface area contributed by atoms with Gasteiger partial charge in [-0.05, 0) is 74.8 Å². The van der Waals surface area contributed by atoms with Gasteiger partial charge in [0.25, 0.3) is 0 Å². The number of amides is 4. The van der Waals surface area contributed by atoms with E-state index in [9.17, 15) is 29.1 Å². The summed E-state index contributed by atoms with van der Waals surface area (Å²) in [6, 6.07) is 12.5. The molecular weight excluding hydrogens is 536 g/mol. The van der Waals surface area contributed by atoms with E-state index in [1.807, 2.05) is 31.2 Å². The molecule has 4 amide bonds. The maximum absolute atomic E-state index is 14.4. The largest absolute Gasteiger partial charge is 0.507 e. The Bertz CT molecular complexity index is 1540. The second kappa shape index (κ2) is 9.93. The number of hydrogen-bond donors (Lipinski definition) is 2. The summed E-state index contributed by atoms with van der Waals surface area (Å²) < 4.78 is 0. The van der Waals surface area contributed by atoms with E-state index in [1.165, 1.54) is 9.80 Å². The van der Waals surface area contributed by atoms with Crippen molar-refractivity contribution in [2.45, 2.75) is 52.4 Å². The van der Waals surface area contributed by atoms with Gasteiger partial charge < -0.3 is 10.2 Å². The molecule has 9 nitrogen and oxygen atoms in total. The number of aliphatic carboxylic acids is 1. The van der Waals surface area contributed by atoms with E-state index >= 15 is 0 Å². The van der Waals surface area contributed by atoms with Gasteiger partial charge in [0.2, 0.25) is 23.6 Å². The number of hydrogen-bond acceptors (Lipinski definition) is 6. The van der Waals surface area contributed by atoms with E-state index < -0.39 is 41.0 Å². The number of carbonyl (C=O) groups excluding carboxylic acids is 4. The number of carbonyl (C=O) groups is 5. The molecule has 6 atom stereocenters. The van der Waals surface area contributed by atoms with Crippen LogP contribution in [0.5, 0.6) is 5.75 Å². The lowest BCUT2D eigenvalue weighted by Gasteiger charge is -2.49. The molecule has 0 bridgehead atoms. The number of allylic oxidation sites excluding steroid dienone is 2. The molecule has 2 aromatic carbocycles. The number of nitrogens with zero attached hydrogens (tertiary/aromatic N) is 2. The van der Waals surface area contributed by atoms with Crippen molar-refractivity contribution in [3.63, 3.8) is 0 Å². The summed E-state index contributed by atoms with van der Waals surface area (Å²) in [7, 11) is 0. The summed E-state index contributed by atoms with van der Waals surface area (Å²) in [5, 5.41) is 19.6. The number of imide groups is 2. The summed E-state index contributed by atoms with van der Waals surface area (Å²) >= 11 is 0. The minimum absolute atomic E-state index is 0.0408. The molecule has 0 spiro atoms. The number of phenols is 1. The van der Waals surface area contributed by atoms with Crippen molar-refractivity contribution in [2.24, 2.45) is 29.1 Å². The lowest BCUT2D eigenvalue weighted by molar-refractivity contribution is -0.142. The molecule has 9 heteroatoms. The van der Waals surface area contributed by atoms with E-state index in [0.717, 1.165) is 11.1 Å². The fourth-order valence-electron chi connectivity index (χ4n) is 8.05. The predicted octanol–water partition coefficient (Wildman–Crippen LogP) is 4.10. The van der Waals surface area contributed by atoms with Gasteiger partial charge in [0.05, 0.1) is 28.9 Å². The maximum atomic E-state index is 14.4. The summed E-state index contributed by atoms with van der Waals surface area (Å²) in [4.78, 5) is 69.3. The number of rotatable bonds is 6. The molecule has 2 saturated heterocycles. The number of aryl methyl sites for hydroxylation is 2. The van der Waals surface area contributed by atoms with E-state index in [0.29, 0.717) is 23.2 Å². The number of benzene rings is 2. The van der Waals surface area contributed by atoms with Crippen LogP contribution in [0.25, 0.3) is 0 Å². The van der Waals surface area contributed by atoms with E-state index in [1.54, 1.807) is 38.1 Å². The molecule has 4 aliphatic rings. The number of fused-ring (bicyclic) bond motifs is 4. The normalized spacial score (nSPS) is 30.3. The molecule has 42 heavy (non-hydrogen) atoms. The average molecular weight is 571 g/mol. The second-order valence-corrected chi connectivity index (χ2v) is 12.3. The standard InChI is InChI=1S/C33H34N2O7/c1-17-14-19(15-18(2)28(17)38)27-21-11-12-22-26(31(41)34(29(22)39)13-7-10-25(36)37)23(21)16-24-30(40)35(32(42)33(24,27)3)20-8-5-4-6-9-20/h4-6,8-9,11,14-15,22-24,26-27,38H,7,10,12-13,16H2,1-3H3,(H,36,37). The number of phenolic OH excluding ortho intramolecular Hbond substituents is 1. The minimum Gasteiger partial charge on any atom is -0.507 e. The SMILES string of the molecule is Cc1cc(C2C3=CCC4C(=O)N(CCCC(=O)O)C(=O)C4C3CC3C(=O)N(c4ccccc4)C(=O)C32C)cc(C)c1O. The highest BCUT2D eigenvalue weighted by Gasteiger charge is 2.67. The number of anilines is 1. The Morgan fingerprint density at radius 1 is 0.976 bits per heavy atom. The first kappa shape index (κ1) is 27.9. The van der Waals surface area contributed by atoms with Crippen molar-refractivity contribution in [1.29, 1.82) is 0 Å². The number of para-hydroxylation sites is 1. The predicted molar refractivity (Wildman–Crippen MR) is 152 cm³/mol. The van der Waals surface area contributed by atoms with Gasteiger partial charge in [-0.25, -0.2) is 4.90 Å². The maximum Gasteiger partial charge on any atom is 0.303 e. The Hall–Kier alpha value is -4.27. The Balaban J connectivity index is 1.47. The topological polar surface area (TPSA) is 132 Å². The Morgan fingerprint density at radius 3 is 2.29 bits per heavy atom. The van der Waals surface area contributed by atoms with Gasteiger partial charge in [-0.3, -0.25) is 28.9 Å². The Kier molecular flexibility index (Phi) is 6.59. The van der Waals surface area contributed by atoms with Crippen LogP contribution in [-0.4, -0.2) is 51.3 Å². The fourth-order valence-corrected chi connectivity index (χ4v) is 8.05. The van der Waals surface area contributed by atoms with Crippen LogP contribution < -0.4 is 4.90 Å². The lowest BCUT2D eigenvalue weighted by atomic mass is 9.51. The van der Waals surface area contributed by atoms with Crippen LogP contribution in [0, 0.1) is 42.9 Å². The molecular formula is C33H34N2O7. The summed E-state index contributed by atoms with van der Waals surface area (Å²) in [6.07, 6.45) is 2.60. The first-order valence-electron chi connectivity index (χ1n) is 14.5. The van der Waals surface area contributed by atoms with E-state index in [4.69, 9.17) is 5.11 Å². The van der Waals surface area contributed by atoms with E-state index in [2.05, 4.69) is 0 Å². The molecule has 2 aliphatic carbocycles. The van der Waals surface area contributed by atoms with Gasteiger partial charge >= 0.3 is 5.97 Å². The lowest BCUT2D eigenvalue weighted by Crippen LogP contribution is -2.49. The van der Waals surface area contributed by atoms with Gasteiger partial charge in [0.1, 0.15) is 5.75 Å². The molecule has 0 radical (unpaired) electrons. The van der Waals surface area contributed by atoms with Crippen LogP contribution in [0.4, 0.5) is 5.69 Å². The zero-order chi connectivity index (χ0) is 30.1. The third-order valence-corrected chi connectivity index (χ3v) is 10.00. The highest BCUT2D eigenvalue weighted by Crippen LogP contribution is 2.63. The van der Waals surface area contributed by atoms with Crippen molar-refractivity contribution in [3.8, 4) is 5.75 Å². The van der Waals surface area contributed by atoms with Crippen molar-refractivity contribution >= 4 is 35.3 Å². The van der Waals surface area contributed by atoms with Gasteiger partial charge in [-0.15, -0.1) is 0 Å². The molecule has 2 heterocycles. The average Bonchev–Trinajstić information content (AvgIpc) is 3.31.